The SMILES string of the molecule is CC[C@H](NC(=O)[C@@H]1CN(CCCc2ccccc2)C(=O)N1C(=O)[C@@H](NC(C)=O)C(C)C)B1O[C@@H]2CC3CC(C3(C)C)[C@]2(C)O1. The molecule has 5 fully saturated rings. The van der Waals surface area contributed by atoms with Gasteiger partial charge in [0.25, 0.3) is 5.91 Å². The van der Waals surface area contributed by atoms with Gasteiger partial charge in [0.1, 0.15) is 12.1 Å². The van der Waals surface area contributed by atoms with Crippen molar-refractivity contribution in [3.8, 4) is 0 Å². The molecule has 2 unspecified atom stereocenters. The van der Waals surface area contributed by atoms with Crippen LogP contribution in [0.2, 0.25) is 0 Å². The van der Waals surface area contributed by atoms with Crippen LogP contribution in [-0.4, -0.2) is 83.5 Å². The van der Waals surface area contributed by atoms with Crippen LogP contribution in [0.15, 0.2) is 30.3 Å². The van der Waals surface area contributed by atoms with E-state index in [2.05, 4.69) is 31.4 Å². The maximum absolute atomic E-state index is 14.0. The standard InChI is InChI=1S/C33H49BN4O6/c1-8-27(34-43-26-18-23-17-25(32(23,5)6)33(26,7)44-34)36-29(40)24-19-37(16-12-15-22-13-10-9-11-14-22)31(42)38(24)30(41)28(20(2)3)35-21(4)39/h9-11,13-14,20,23-28H,8,12,15-19H2,1-7H3,(H,35,39)(H,36,40)/t23?,24-,25?,26+,27-,28-,33-/m0/s1. The summed E-state index contributed by atoms with van der Waals surface area (Å²) in [5.74, 6) is -1.10. The first-order valence-corrected chi connectivity index (χ1v) is 16.3. The van der Waals surface area contributed by atoms with Crippen LogP contribution in [0, 0.1) is 23.2 Å². The molecule has 2 heterocycles. The lowest BCUT2D eigenvalue weighted by atomic mass is 9.43. The number of nitrogens with one attached hydrogen (secondary N) is 2. The zero-order chi connectivity index (χ0) is 32.0. The molecule has 3 aliphatic carbocycles. The van der Waals surface area contributed by atoms with E-state index >= 15 is 0 Å². The van der Waals surface area contributed by atoms with Crippen LogP contribution in [0.1, 0.15) is 79.7 Å². The Morgan fingerprint density at radius 1 is 1.09 bits per heavy atom. The number of amides is 5. The van der Waals surface area contributed by atoms with E-state index < -0.39 is 48.6 Å². The lowest BCUT2D eigenvalue weighted by Gasteiger charge is -2.64. The highest BCUT2D eigenvalue weighted by Crippen LogP contribution is 2.65. The molecule has 10 nitrogen and oxygen atoms in total. The zero-order valence-corrected chi connectivity index (χ0v) is 27.3. The molecule has 240 valence electrons. The maximum atomic E-state index is 14.0. The Hall–Kier alpha value is -2.92. The molecule has 1 aromatic rings. The molecular formula is C33H49BN4O6. The van der Waals surface area contributed by atoms with Gasteiger partial charge in [0, 0.05) is 13.5 Å². The van der Waals surface area contributed by atoms with Crippen LogP contribution < -0.4 is 10.6 Å². The van der Waals surface area contributed by atoms with Crippen LogP contribution in [0.25, 0.3) is 0 Å². The fraction of sp³-hybridized carbons (Fsp3) is 0.697. The molecule has 2 saturated heterocycles. The summed E-state index contributed by atoms with van der Waals surface area (Å²) in [5.41, 5.74) is 0.944. The average Bonchev–Trinajstić information content (AvgIpc) is 3.50. The first-order valence-electron chi connectivity index (χ1n) is 16.3. The summed E-state index contributed by atoms with van der Waals surface area (Å²) in [6.07, 6.45) is 4.07. The monoisotopic (exact) mass is 608 g/mol. The first-order chi connectivity index (χ1) is 20.8. The van der Waals surface area contributed by atoms with Crippen molar-refractivity contribution in [2.75, 3.05) is 13.1 Å². The maximum Gasteiger partial charge on any atom is 0.481 e. The van der Waals surface area contributed by atoms with Crippen molar-refractivity contribution < 1.29 is 28.5 Å². The van der Waals surface area contributed by atoms with E-state index in [1.165, 1.54) is 6.92 Å². The third-order valence-electron chi connectivity index (χ3n) is 10.8. The predicted octanol–water partition coefficient (Wildman–Crippen LogP) is 3.58. The number of urea groups is 1. The molecule has 6 rings (SSSR count). The molecule has 1 aromatic carbocycles. The second-order valence-electron chi connectivity index (χ2n) is 14.3. The minimum atomic E-state index is -1.04. The van der Waals surface area contributed by atoms with Crippen molar-refractivity contribution in [3.05, 3.63) is 35.9 Å². The molecule has 2 N–H and O–H groups in total. The van der Waals surface area contributed by atoms with Crippen molar-refractivity contribution in [1.29, 1.82) is 0 Å². The average molecular weight is 609 g/mol. The zero-order valence-electron chi connectivity index (χ0n) is 27.3. The highest BCUT2D eigenvalue weighted by atomic mass is 16.7. The number of hydrogen-bond acceptors (Lipinski definition) is 6. The van der Waals surface area contributed by atoms with Crippen molar-refractivity contribution in [2.45, 2.75) is 110 Å². The van der Waals surface area contributed by atoms with Gasteiger partial charge in [-0.25, -0.2) is 9.69 Å². The van der Waals surface area contributed by atoms with E-state index in [0.29, 0.717) is 31.2 Å². The van der Waals surface area contributed by atoms with Gasteiger partial charge in [0.2, 0.25) is 11.8 Å². The Labute approximate surface area is 262 Å². The third-order valence-corrected chi connectivity index (χ3v) is 10.8. The Balaban J connectivity index is 1.31. The van der Waals surface area contributed by atoms with Gasteiger partial charge in [-0.2, -0.15) is 0 Å². The van der Waals surface area contributed by atoms with Crippen LogP contribution in [-0.2, 0) is 30.1 Å². The number of aryl methyl sites for hydroxylation is 1. The number of hydrogen-bond donors (Lipinski definition) is 2. The largest absolute Gasteiger partial charge is 0.481 e. The molecule has 5 aliphatic rings. The Kier molecular flexibility index (Phi) is 9.20. The van der Waals surface area contributed by atoms with Crippen LogP contribution in [0.4, 0.5) is 4.79 Å². The van der Waals surface area contributed by atoms with Crippen LogP contribution in [0.5, 0.6) is 0 Å². The van der Waals surface area contributed by atoms with E-state index in [1.807, 2.05) is 37.3 Å². The smallest absolute Gasteiger partial charge is 0.404 e. The number of carbonyl (C=O) groups is 4. The molecule has 2 aliphatic heterocycles. The van der Waals surface area contributed by atoms with Crippen molar-refractivity contribution in [3.63, 3.8) is 0 Å². The quantitative estimate of drug-likeness (QED) is 0.371. The number of imide groups is 1. The Morgan fingerprint density at radius 2 is 1.80 bits per heavy atom. The van der Waals surface area contributed by atoms with E-state index in [1.54, 1.807) is 18.7 Å². The summed E-state index contributed by atoms with van der Waals surface area (Å²) >= 11 is 0. The van der Waals surface area contributed by atoms with Gasteiger partial charge in [0.05, 0.1) is 24.2 Å². The number of nitrogens with zero attached hydrogens (tertiary/aromatic N) is 2. The molecule has 5 amide bonds. The summed E-state index contributed by atoms with van der Waals surface area (Å²) < 4.78 is 13.1. The summed E-state index contributed by atoms with van der Waals surface area (Å²) in [6.45, 7) is 14.2. The van der Waals surface area contributed by atoms with E-state index in [9.17, 15) is 19.2 Å². The molecular weight excluding hydrogens is 559 g/mol. The molecule has 3 saturated carbocycles. The van der Waals surface area contributed by atoms with Gasteiger partial charge in [-0.15, -0.1) is 0 Å². The third kappa shape index (κ3) is 5.89. The Morgan fingerprint density at radius 3 is 2.41 bits per heavy atom. The second kappa shape index (κ2) is 12.5. The van der Waals surface area contributed by atoms with Gasteiger partial charge in [0.15, 0.2) is 0 Å². The Bertz CT molecular complexity index is 1260. The topological polar surface area (TPSA) is 117 Å². The summed E-state index contributed by atoms with van der Waals surface area (Å²) in [6, 6.07) is 7.51. The molecule has 0 aromatic heterocycles. The van der Waals surface area contributed by atoms with Crippen LogP contribution >= 0.6 is 0 Å². The number of benzene rings is 1. The number of rotatable bonds is 11. The molecule has 2 bridgehead atoms. The van der Waals surface area contributed by atoms with Gasteiger partial charge in [-0.05, 0) is 67.8 Å². The first kappa shape index (κ1) is 32.5. The van der Waals surface area contributed by atoms with Gasteiger partial charge in [-0.1, -0.05) is 65.0 Å². The summed E-state index contributed by atoms with van der Waals surface area (Å²) in [7, 11) is -0.611. The van der Waals surface area contributed by atoms with E-state index in [4.69, 9.17) is 9.31 Å². The van der Waals surface area contributed by atoms with Gasteiger partial charge in [-0.3, -0.25) is 14.4 Å². The molecule has 44 heavy (non-hydrogen) atoms. The predicted molar refractivity (Wildman–Crippen MR) is 167 cm³/mol. The lowest BCUT2D eigenvalue weighted by molar-refractivity contribution is -0.199. The van der Waals surface area contributed by atoms with Crippen molar-refractivity contribution in [2.24, 2.45) is 23.2 Å². The van der Waals surface area contributed by atoms with Crippen molar-refractivity contribution in [1.82, 2.24) is 20.4 Å². The highest BCUT2D eigenvalue weighted by molar-refractivity contribution is 6.48. The molecule has 0 spiro atoms. The molecule has 7 atom stereocenters. The van der Waals surface area contributed by atoms with Gasteiger partial charge < -0.3 is 24.8 Å². The lowest BCUT2D eigenvalue weighted by Crippen LogP contribution is -2.65. The minimum Gasteiger partial charge on any atom is -0.404 e. The van der Waals surface area contributed by atoms with E-state index in [-0.39, 0.29) is 29.9 Å². The van der Waals surface area contributed by atoms with Gasteiger partial charge >= 0.3 is 13.1 Å². The summed E-state index contributed by atoms with van der Waals surface area (Å²) in [5, 5.41) is 5.78. The van der Waals surface area contributed by atoms with Crippen molar-refractivity contribution >= 4 is 30.9 Å². The fourth-order valence-corrected chi connectivity index (χ4v) is 8.00. The second-order valence-corrected chi connectivity index (χ2v) is 14.3. The highest BCUT2D eigenvalue weighted by Gasteiger charge is 2.68. The fourth-order valence-electron chi connectivity index (χ4n) is 8.00. The summed E-state index contributed by atoms with van der Waals surface area (Å²) in [4.78, 5) is 56.1. The minimum absolute atomic E-state index is 0.0223. The van der Waals surface area contributed by atoms with E-state index in [0.717, 1.165) is 29.7 Å². The molecule has 0 radical (unpaired) electrons. The number of carbonyl (C=O) groups excluding carboxylic acids is 4. The normalized spacial score (nSPS) is 30.1. The molecule has 11 heteroatoms. The van der Waals surface area contributed by atoms with Crippen LogP contribution in [0.3, 0.4) is 0 Å².